The van der Waals surface area contributed by atoms with E-state index in [1.165, 1.54) is 5.56 Å². The van der Waals surface area contributed by atoms with Crippen molar-refractivity contribution in [3.05, 3.63) is 82.8 Å². The Balaban J connectivity index is 1.31. The summed E-state index contributed by atoms with van der Waals surface area (Å²) in [6.07, 6.45) is 4.46. The predicted octanol–water partition coefficient (Wildman–Crippen LogP) is 4.59. The zero-order valence-electron chi connectivity index (χ0n) is 16.0. The van der Waals surface area contributed by atoms with Gasteiger partial charge >= 0.3 is 0 Å². The quantitative estimate of drug-likeness (QED) is 0.443. The molecule has 0 radical (unpaired) electrons. The van der Waals surface area contributed by atoms with Crippen LogP contribution in [0.1, 0.15) is 21.6 Å². The number of hydrogen-bond acceptors (Lipinski definition) is 3. The van der Waals surface area contributed by atoms with E-state index in [1.807, 2.05) is 42.5 Å². The van der Waals surface area contributed by atoms with Crippen LogP contribution in [0.3, 0.4) is 0 Å². The molecule has 0 spiro atoms. The predicted molar refractivity (Wildman–Crippen MR) is 116 cm³/mol. The van der Waals surface area contributed by atoms with Gasteiger partial charge in [-0.1, -0.05) is 35.9 Å². The number of H-pyrrole nitrogens is 2. The molecule has 2 aromatic carbocycles. The van der Waals surface area contributed by atoms with Crippen LogP contribution in [0.15, 0.2) is 60.9 Å². The number of fused-ring (bicyclic) bond motifs is 1. The summed E-state index contributed by atoms with van der Waals surface area (Å²) in [5.41, 5.74) is 6.28. The van der Waals surface area contributed by atoms with E-state index in [-0.39, 0.29) is 5.91 Å². The summed E-state index contributed by atoms with van der Waals surface area (Å²) in [5.74, 6) is 0.774. The van der Waals surface area contributed by atoms with Gasteiger partial charge < -0.3 is 15.0 Å². The highest BCUT2D eigenvalue weighted by molar-refractivity contribution is 6.30. The zero-order chi connectivity index (χ0) is 20.5. The van der Waals surface area contributed by atoms with E-state index >= 15 is 0 Å². The van der Waals surface area contributed by atoms with Gasteiger partial charge in [-0.3, -0.25) is 9.89 Å². The minimum atomic E-state index is -0.165. The Hall–Kier alpha value is -3.51. The molecule has 0 fully saturated rings. The standard InChI is InChI=1S/C23H19ClN4O2/c24-18-3-1-2-15(9-18)19-13-27-28-22(19)17-10-20(25-12-17)23(29)26-11-14-4-5-21-16(8-14)6-7-30-21/h1-5,8-10,12-13,25H,6-7,11H2,(H,26,29)(H,27,28). The van der Waals surface area contributed by atoms with Crippen molar-refractivity contribution in [3.63, 3.8) is 0 Å². The Labute approximate surface area is 178 Å². The molecule has 2 aromatic heterocycles. The van der Waals surface area contributed by atoms with Crippen LogP contribution in [-0.2, 0) is 13.0 Å². The van der Waals surface area contributed by atoms with Gasteiger partial charge in [0, 0.05) is 35.3 Å². The molecule has 5 rings (SSSR count). The number of aromatic amines is 2. The number of nitrogens with one attached hydrogen (secondary N) is 3. The van der Waals surface area contributed by atoms with E-state index in [9.17, 15) is 4.79 Å². The molecule has 0 aliphatic carbocycles. The summed E-state index contributed by atoms with van der Waals surface area (Å²) in [5, 5.41) is 10.8. The molecule has 4 aromatic rings. The summed E-state index contributed by atoms with van der Waals surface area (Å²) in [4.78, 5) is 15.7. The highest BCUT2D eigenvalue weighted by Crippen LogP contribution is 2.31. The van der Waals surface area contributed by atoms with Gasteiger partial charge in [0.1, 0.15) is 11.4 Å². The van der Waals surface area contributed by atoms with Crippen molar-refractivity contribution in [2.45, 2.75) is 13.0 Å². The first-order valence-corrected chi connectivity index (χ1v) is 10.1. The van der Waals surface area contributed by atoms with Crippen LogP contribution < -0.4 is 10.1 Å². The van der Waals surface area contributed by atoms with Crippen molar-refractivity contribution in [1.29, 1.82) is 0 Å². The van der Waals surface area contributed by atoms with E-state index in [4.69, 9.17) is 16.3 Å². The number of benzene rings is 2. The molecule has 30 heavy (non-hydrogen) atoms. The van der Waals surface area contributed by atoms with Crippen LogP contribution in [0.2, 0.25) is 5.02 Å². The number of hydrogen-bond donors (Lipinski definition) is 3. The van der Waals surface area contributed by atoms with Crippen molar-refractivity contribution in [3.8, 4) is 28.1 Å². The molecule has 150 valence electrons. The number of aromatic nitrogens is 3. The maximum absolute atomic E-state index is 12.6. The summed E-state index contributed by atoms with van der Waals surface area (Å²) in [6.45, 7) is 1.18. The first-order chi connectivity index (χ1) is 14.7. The SMILES string of the molecule is O=C(NCc1ccc2c(c1)CCO2)c1cc(-c2[nH]ncc2-c2cccc(Cl)c2)c[nH]1. The maximum atomic E-state index is 12.6. The number of ether oxygens (including phenoxy) is 1. The summed E-state index contributed by atoms with van der Waals surface area (Å²) >= 11 is 6.13. The Morgan fingerprint density at radius 2 is 2.10 bits per heavy atom. The van der Waals surface area contributed by atoms with Gasteiger partial charge in [-0.2, -0.15) is 5.10 Å². The lowest BCUT2D eigenvalue weighted by molar-refractivity contribution is 0.0946. The number of amides is 1. The largest absolute Gasteiger partial charge is 0.493 e. The van der Waals surface area contributed by atoms with E-state index in [1.54, 1.807) is 12.4 Å². The van der Waals surface area contributed by atoms with Crippen molar-refractivity contribution < 1.29 is 9.53 Å². The van der Waals surface area contributed by atoms with Crippen LogP contribution in [0.4, 0.5) is 0 Å². The molecule has 0 saturated heterocycles. The second-order valence-electron chi connectivity index (χ2n) is 7.19. The zero-order valence-corrected chi connectivity index (χ0v) is 16.8. The summed E-state index contributed by atoms with van der Waals surface area (Å²) in [6, 6.07) is 15.4. The number of carbonyl (C=O) groups is 1. The molecule has 1 amide bonds. The minimum absolute atomic E-state index is 0.165. The average molecular weight is 419 g/mol. The van der Waals surface area contributed by atoms with Crippen molar-refractivity contribution >= 4 is 17.5 Å². The van der Waals surface area contributed by atoms with Gasteiger partial charge in [-0.05, 0) is 41.0 Å². The summed E-state index contributed by atoms with van der Waals surface area (Å²) in [7, 11) is 0. The molecule has 0 unspecified atom stereocenters. The van der Waals surface area contributed by atoms with E-state index < -0.39 is 0 Å². The number of halogens is 1. The highest BCUT2D eigenvalue weighted by Gasteiger charge is 2.16. The molecule has 6 nitrogen and oxygen atoms in total. The second kappa shape index (κ2) is 7.72. The monoisotopic (exact) mass is 418 g/mol. The third-order valence-electron chi connectivity index (χ3n) is 5.20. The molecular formula is C23H19ClN4O2. The van der Waals surface area contributed by atoms with Crippen LogP contribution in [-0.4, -0.2) is 27.7 Å². The Bertz CT molecular complexity index is 1230. The van der Waals surface area contributed by atoms with Gasteiger partial charge in [0.25, 0.3) is 5.91 Å². The lowest BCUT2D eigenvalue weighted by Crippen LogP contribution is -2.23. The van der Waals surface area contributed by atoms with Crippen LogP contribution in [0, 0.1) is 0 Å². The van der Waals surface area contributed by atoms with Crippen molar-refractivity contribution in [2.24, 2.45) is 0 Å². The molecule has 0 bridgehead atoms. The molecule has 7 heteroatoms. The van der Waals surface area contributed by atoms with Gasteiger partial charge in [0.2, 0.25) is 0 Å². The third-order valence-corrected chi connectivity index (χ3v) is 5.43. The number of nitrogens with zero attached hydrogens (tertiary/aromatic N) is 1. The fourth-order valence-electron chi connectivity index (χ4n) is 3.68. The van der Waals surface area contributed by atoms with Crippen LogP contribution >= 0.6 is 11.6 Å². The molecule has 1 aliphatic heterocycles. The second-order valence-corrected chi connectivity index (χ2v) is 7.63. The average Bonchev–Trinajstić information content (AvgIpc) is 3.51. The van der Waals surface area contributed by atoms with Gasteiger partial charge in [0.05, 0.1) is 18.5 Å². The molecule has 0 atom stereocenters. The lowest BCUT2D eigenvalue weighted by Gasteiger charge is -2.06. The Morgan fingerprint density at radius 3 is 3.00 bits per heavy atom. The van der Waals surface area contributed by atoms with Gasteiger partial charge in [-0.25, -0.2) is 0 Å². The van der Waals surface area contributed by atoms with E-state index in [0.29, 0.717) is 17.3 Å². The van der Waals surface area contributed by atoms with Crippen molar-refractivity contribution in [1.82, 2.24) is 20.5 Å². The first kappa shape index (κ1) is 18.5. The fourth-order valence-corrected chi connectivity index (χ4v) is 3.87. The summed E-state index contributed by atoms with van der Waals surface area (Å²) < 4.78 is 5.53. The molecule has 0 saturated carbocycles. The smallest absolute Gasteiger partial charge is 0.267 e. The number of carbonyl (C=O) groups excluding carboxylic acids is 1. The highest BCUT2D eigenvalue weighted by atomic mass is 35.5. The van der Waals surface area contributed by atoms with Gasteiger partial charge in [-0.15, -0.1) is 0 Å². The normalized spacial score (nSPS) is 12.4. The molecule has 3 heterocycles. The van der Waals surface area contributed by atoms with E-state index in [0.717, 1.165) is 46.7 Å². The third kappa shape index (κ3) is 3.57. The van der Waals surface area contributed by atoms with Crippen molar-refractivity contribution in [2.75, 3.05) is 6.61 Å². The topological polar surface area (TPSA) is 82.8 Å². The molecule has 3 N–H and O–H groups in total. The van der Waals surface area contributed by atoms with Gasteiger partial charge in [0.15, 0.2) is 0 Å². The van der Waals surface area contributed by atoms with Crippen LogP contribution in [0.25, 0.3) is 22.4 Å². The molecular weight excluding hydrogens is 400 g/mol. The Morgan fingerprint density at radius 1 is 1.17 bits per heavy atom. The minimum Gasteiger partial charge on any atom is -0.493 e. The first-order valence-electron chi connectivity index (χ1n) is 9.68. The number of rotatable bonds is 5. The van der Waals surface area contributed by atoms with E-state index in [2.05, 4.69) is 26.6 Å². The Kier molecular flexibility index (Phi) is 4.77. The van der Waals surface area contributed by atoms with Crippen LogP contribution in [0.5, 0.6) is 5.75 Å². The maximum Gasteiger partial charge on any atom is 0.267 e. The fraction of sp³-hybridized carbons (Fsp3) is 0.130. The molecule has 1 aliphatic rings. The lowest BCUT2D eigenvalue weighted by atomic mass is 10.0.